The van der Waals surface area contributed by atoms with Crippen LogP contribution in [0.2, 0.25) is 0 Å². The van der Waals surface area contributed by atoms with Gasteiger partial charge >= 0.3 is 0 Å². The molecule has 110 valence electrons. The summed E-state index contributed by atoms with van der Waals surface area (Å²) in [5.74, 6) is 0.887. The van der Waals surface area contributed by atoms with E-state index in [-0.39, 0.29) is 6.04 Å². The topological polar surface area (TPSA) is 33.3 Å². The summed E-state index contributed by atoms with van der Waals surface area (Å²) in [4.78, 5) is 0. The van der Waals surface area contributed by atoms with Gasteiger partial charge in [0.05, 0.1) is 12.6 Å². The number of thiocarbonyl (C=S) groups is 1. The van der Waals surface area contributed by atoms with E-state index in [9.17, 15) is 0 Å². The molecule has 0 heterocycles. The number of hydrogen-bond acceptors (Lipinski definition) is 2. The number of hydrogen-bond donors (Lipinski definition) is 2. The highest BCUT2D eigenvalue weighted by molar-refractivity contribution is 7.80. The molecule has 3 nitrogen and oxygen atoms in total. The Kier molecular flexibility index (Phi) is 5.58. The molecular weight excluding hydrogens is 280 g/mol. The second kappa shape index (κ2) is 7.64. The first-order valence-corrected chi connectivity index (χ1v) is 7.45. The molecule has 2 aromatic rings. The van der Waals surface area contributed by atoms with Crippen LogP contribution in [0.4, 0.5) is 5.69 Å². The molecule has 1 atom stereocenters. The van der Waals surface area contributed by atoms with Crippen molar-refractivity contribution in [2.24, 2.45) is 0 Å². The van der Waals surface area contributed by atoms with Crippen molar-refractivity contribution in [3.63, 3.8) is 0 Å². The van der Waals surface area contributed by atoms with E-state index in [2.05, 4.69) is 17.6 Å². The summed E-state index contributed by atoms with van der Waals surface area (Å²) in [5.41, 5.74) is 2.14. The minimum Gasteiger partial charge on any atom is -0.494 e. The van der Waals surface area contributed by atoms with E-state index in [0.29, 0.717) is 11.7 Å². The lowest BCUT2D eigenvalue weighted by atomic mass is 10.1. The van der Waals surface area contributed by atoms with Gasteiger partial charge in [-0.3, -0.25) is 0 Å². The van der Waals surface area contributed by atoms with Gasteiger partial charge in [-0.1, -0.05) is 30.3 Å². The van der Waals surface area contributed by atoms with E-state index >= 15 is 0 Å². The van der Waals surface area contributed by atoms with Gasteiger partial charge in [0.1, 0.15) is 5.75 Å². The molecule has 2 aromatic carbocycles. The second-order valence-electron chi connectivity index (χ2n) is 4.69. The Morgan fingerprint density at radius 2 is 1.76 bits per heavy atom. The Hall–Kier alpha value is -2.07. The van der Waals surface area contributed by atoms with E-state index in [4.69, 9.17) is 17.0 Å². The number of benzene rings is 2. The van der Waals surface area contributed by atoms with Crippen LogP contribution in [0.15, 0.2) is 54.6 Å². The average Bonchev–Trinajstić information content (AvgIpc) is 2.49. The molecule has 0 aliphatic rings. The molecule has 4 heteroatoms. The van der Waals surface area contributed by atoms with Crippen molar-refractivity contribution in [2.45, 2.75) is 19.9 Å². The fraction of sp³-hybridized carbons (Fsp3) is 0.235. The first-order valence-electron chi connectivity index (χ1n) is 7.04. The minimum absolute atomic E-state index is 0.129. The van der Waals surface area contributed by atoms with E-state index in [1.807, 2.05) is 61.5 Å². The van der Waals surface area contributed by atoms with E-state index in [1.165, 1.54) is 0 Å². The van der Waals surface area contributed by atoms with Gasteiger partial charge in [-0.25, -0.2) is 0 Å². The molecule has 0 saturated heterocycles. The van der Waals surface area contributed by atoms with Gasteiger partial charge < -0.3 is 15.4 Å². The zero-order valence-electron chi connectivity index (χ0n) is 12.3. The Balaban J connectivity index is 1.91. The van der Waals surface area contributed by atoms with E-state index in [0.717, 1.165) is 17.0 Å². The third-order valence-corrected chi connectivity index (χ3v) is 3.29. The normalized spacial score (nSPS) is 11.5. The highest BCUT2D eigenvalue weighted by atomic mass is 32.1. The predicted molar refractivity (Wildman–Crippen MR) is 91.8 cm³/mol. The summed E-state index contributed by atoms with van der Waals surface area (Å²) in [6.07, 6.45) is 0. The smallest absolute Gasteiger partial charge is 0.171 e. The fourth-order valence-corrected chi connectivity index (χ4v) is 2.28. The summed E-state index contributed by atoms with van der Waals surface area (Å²) in [6, 6.07) is 18.1. The minimum atomic E-state index is 0.129. The second-order valence-corrected chi connectivity index (χ2v) is 5.10. The van der Waals surface area contributed by atoms with Crippen LogP contribution in [-0.4, -0.2) is 11.7 Å². The van der Waals surface area contributed by atoms with Gasteiger partial charge in [0.25, 0.3) is 0 Å². The number of ether oxygens (including phenoxy) is 1. The average molecular weight is 300 g/mol. The van der Waals surface area contributed by atoms with Crippen molar-refractivity contribution >= 4 is 23.0 Å². The molecule has 0 bridgehead atoms. The van der Waals surface area contributed by atoms with Gasteiger partial charge in [0, 0.05) is 5.69 Å². The largest absolute Gasteiger partial charge is 0.494 e. The van der Waals surface area contributed by atoms with Crippen LogP contribution >= 0.6 is 12.2 Å². The summed E-state index contributed by atoms with van der Waals surface area (Å²) in [5, 5.41) is 7.06. The van der Waals surface area contributed by atoms with Crippen molar-refractivity contribution in [2.75, 3.05) is 11.9 Å². The summed E-state index contributed by atoms with van der Waals surface area (Å²) in [7, 11) is 0. The quantitative estimate of drug-likeness (QED) is 0.813. The van der Waals surface area contributed by atoms with Gasteiger partial charge in [-0.2, -0.15) is 0 Å². The number of anilines is 1. The van der Waals surface area contributed by atoms with Crippen molar-refractivity contribution < 1.29 is 4.74 Å². The summed E-state index contributed by atoms with van der Waals surface area (Å²) in [6.45, 7) is 4.73. The maximum Gasteiger partial charge on any atom is 0.171 e. The maximum absolute atomic E-state index is 5.44. The molecule has 0 spiro atoms. The van der Waals surface area contributed by atoms with Crippen molar-refractivity contribution in [1.29, 1.82) is 0 Å². The molecule has 0 aliphatic carbocycles. The highest BCUT2D eigenvalue weighted by Crippen LogP contribution is 2.17. The van der Waals surface area contributed by atoms with Crippen molar-refractivity contribution in [3.8, 4) is 5.75 Å². The molecular formula is C17H20N2OS. The summed E-state index contributed by atoms with van der Waals surface area (Å²) < 4.78 is 5.44. The van der Waals surface area contributed by atoms with Crippen LogP contribution in [0.5, 0.6) is 5.75 Å². The Morgan fingerprint density at radius 3 is 2.38 bits per heavy atom. The molecule has 0 fully saturated rings. The molecule has 0 amide bonds. The molecule has 0 saturated carbocycles. The Bertz CT molecular complexity index is 569. The van der Waals surface area contributed by atoms with Gasteiger partial charge in [-0.15, -0.1) is 0 Å². The number of nitrogens with one attached hydrogen (secondary N) is 2. The van der Waals surface area contributed by atoms with E-state index < -0.39 is 0 Å². The number of para-hydroxylation sites is 1. The third kappa shape index (κ3) is 4.76. The first kappa shape index (κ1) is 15.3. The SMILES string of the molecule is CCOc1ccc([C@H](C)NC(=S)Nc2ccccc2)cc1. The van der Waals surface area contributed by atoms with Crippen LogP contribution in [0.25, 0.3) is 0 Å². The molecule has 2 rings (SSSR count). The van der Waals surface area contributed by atoms with Crippen LogP contribution in [0.1, 0.15) is 25.5 Å². The lowest BCUT2D eigenvalue weighted by Gasteiger charge is -2.17. The van der Waals surface area contributed by atoms with Gasteiger partial charge in [-0.05, 0) is 55.9 Å². The molecule has 0 unspecified atom stereocenters. The third-order valence-electron chi connectivity index (χ3n) is 3.07. The fourth-order valence-electron chi connectivity index (χ4n) is 1.99. The van der Waals surface area contributed by atoms with Crippen LogP contribution in [0.3, 0.4) is 0 Å². The molecule has 0 radical (unpaired) electrons. The summed E-state index contributed by atoms with van der Waals surface area (Å²) >= 11 is 5.33. The van der Waals surface area contributed by atoms with Crippen LogP contribution in [-0.2, 0) is 0 Å². The number of rotatable bonds is 5. The molecule has 21 heavy (non-hydrogen) atoms. The van der Waals surface area contributed by atoms with Gasteiger partial charge in [0.2, 0.25) is 0 Å². The molecule has 0 aromatic heterocycles. The Morgan fingerprint density at radius 1 is 1.10 bits per heavy atom. The Labute approximate surface area is 131 Å². The lowest BCUT2D eigenvalue weighted by Crippen LogP contribution is -2.30. The van der Waals surface area contributed by atoms with E-state index in [1.54, 1.807) is 0 Å². The van der Waals surface area contributed by atoms with Crippen LogP contribution in [0, 0.1) is 0 Å². The first-order chi connectivity index (χ1) is 10.2. The van der Waals surface area contributed by atoms with Crippen molar-refractivity contribution in [3.05, 3.63) is 60.2 Å². The zero-order chi connectivity index (χ0) is 15.1. The van der Waals surface area contributed by atoms with Gasteiger partial charge in [0.15, 0.2) is 5.11 Å². The zero-order valence-corrected chi connectivity index (χ0v) is 13.1. The van der Waals surface area contributed by atoms with Crippen LogP contribution < -0.4 is 15.4 Å². The van der Waals surface area contributed by atoms with Crippen molar-refractivity contribution in [1.82, 2.24) is 5.32 Å². The predicted octanol–water partition coefficient (Wildman–Crippen LogP) is 4.13. The maximum atomic E-state index is 5.44. The standard InChI is InChI=1S/C17H20N2OS/c1-3-20-16-11-9-14(10-12-16)13(2)18-17(21)19-15-7-5-4-6-8-15/h4-13H,3H2,1-2H3,(H2,18,19,21)/t13-/m0/s1. The molecule has 2 N–H and O–H groups in total. The highest BCUT2D eigenvalue weighted by Gasteiger charge is 2.07. The lowest BCUT2D eigenvalue weighted by molar-refractivity contribution is 0.340. The molecule has 0 aliphatic heterocycles. The monoisotopic (exact) mass is 300 g/mol.